The summed E-state index contributed by atoms with van der Waals surface area (Å²) >= 11 is 0. The zero-order valence-electron chi connectivity index (χ0n) is 11.9. The Morgan fingerprint density at radius 1 is 0.905 bits per heavy atom. The normalized spacial score (nSPS) is 10.1. The van der Waals surface area contributed by atoms with Gasteiger partial charge in [-0.1, -0.05) is 30.3 Å². The van der Waals surface area contributed by atoms with E-state index >= 15 is 0 Å². The highest BCUT2D eigenvalue weighted by atomic mass is 16.4. The number of nitrogens with one attached hydrogen (secondary N) is 4. The van der Waals surface area contributed by atoms with E-state index in [1.807, 2.05) is 30.3 Å². The molecule has 0 bridgehead atoms. The van der Waals surface area contributed by atoms with Crippen LogP contribution in [0.25, 0.3) is 0 Å². The van der Waals surface area contributed by atoms with Crippen molar-refractivity contribution in [1.82, 2.24) is 21.3 Å². The van der Waals surface area contributed by atoms with Crippen molar-refractivity contribution in [2.75, 3.05) is 32.7 Å². The van der Waals surface area contributed by atoms with Gasteiger partial charge in [-0.05, 0) is 5.56 Å². The maximum Gasteiger partial charge on any atom is 0.317 e. The topological polar surface area (TPSA) is 102 Å². The third-order valence-corrected chi connectivity index (χ3v) is 2.64. The Labute approximate surface area is 124 Å². The fraction of sp³-hybridized carbons (Fsp3) is 0.429. The smallest absolute Gasteiger partial charge is 0.317 e. The predicted molar refractivity (Wildman–Crippen MR) is 80.1 cm³/mol. The van der Waals surface area contributed by atoms with Gasteiger partial charge in [0, 0.05) is 32.7 Å². The van der Waals surface area contributed by atoms with Crippen LogP contribution < -0.4 is 21.3 Å². The van der Waals surface area contributed by atoms with E-state index in [9.17, 15) is 9.59 Å². The molecule has 0 radical (unpaired) electrons. The Hall–Kier alpha value is -2.12. The number of hydrogen-bond acceptors (Lipinski definition) is 4. The largest absolute Gasteiger partial charge is 0.480 e. The molecule has 0 aliphatic rings. The van der Waals surface area contributed by atoms with Crippen LogP contribution in [0.15, 0.2) is 30.3 Å². The SMILES string of the molecule is O=C(O)CNCCNCCNC(=O)NCc1ccccc1. The highest BCUT2D eigenvalue weighted by Gasteiger charge is 1.99. The third-order valence-electron chi connectivity index (χ3n) is 2.64. The first-order valence-corrected chi connectivity index (χ1v) is 6.87. The van der Waals surface area contributed by atoms with E-state index in [0.717, 1.165) is 5.56 Å². The minimum Gasteiger partial charge on any atom is -0.480 e. The molecule has 2 amide bonds. The molecule has 0 aliphatic heterocycles. The number of urea groups is 1. The molecule has 0 spiro atoms. The molecule has 5 N–H and O–H groups in total. The van der Waals surface area contributed by atoms with Gasteiger partial charge in [0.1, 0.15) is 0 Å². The molecular weight excluding hydrogens is 272 g/mol. The molecule has 1 rings (SSSR count). The number of benzene rings is 1. The van der Waals surface area contributed by atoms with Crippen LogP contribution >= 0.6 is 0 Å². The Morgan fingerprint density at radius 3 is 2.29 bits per heavy atom. The van der Waals surface area contributed by atoms with Crippen LogP contribution in [0.1, 0.15) is 5.56 Å². The monoisotopic (exact) mass is 294 g/mol. The number of amides is 2. The van der Waals surface area contributed by atoms with Crippen molar-refractivity contribution in [3.63, 3.8) is 0 Å². The molecule has 0 heterocycles. The molecule has 7 heteroatoms. The molecule has 1 aromatic rings. The van der Waals surface area contributed by atoms with E-state index in [1.54, 1.807) is 0 Å². The second-order valence-electron chi connectivity index (χ2n) is 4.42. The molecule has 0 fully saturated rings. The van der Waals surface area contributed by atoms with E-state index in [4.69, 9.17) is 5.11 Å². The van der Waals surface area contributed by atoms with E-state index in [-0.39, 0.29) is 12.6 Å². The van der Waals surface area contributed by atoms with Crippen molar-refractivity contribution in [2.24, 2.45) is 0 Å². The van der Waals surface area contributed by atoms with Crippen LogP contribution in [0, 0.1) is 0 Å². The highest BCUT2D eigenvalue weighted by molar-refractivity contribution is 5.73. The van der Waals surface area contributed by atoms with Gasteiger partial charge in [-0.2, -0.15) is 0 Å². The van der Waals surface area contributed by atoms with Crippen molar-refractivity contribution in [3.8, 4) is 0 Å². The number of carboxylic acids is 1. The predicted octanol–water partition coefficient (Wildman–Crippen LogP) is -0.250. The van der Waals surface area contributed by atoms with E-state index < -0.39 is 5.97 Å². The summed E-state index contributed by atoms with van der Waals surface area (Å²) in [5.74, 6) is -0.869. The minimum atomic E-state index is -0.869. The summed E-state index contributed by atoms with van der Waals surface area (Å²) in [6, 6.07) is 9.48. The van der Waals surface area contributed by atoms with Crippen molar-refractivity contribution < 1.29 is 14.7 Å². The van der Waals surface area contributed by atoms with Gasteiger partial charge in [0.15, 0.2) is 0 Å². The molecule has 0 saturated heterocycles. The lowest BCUT2D eigenvalue weighted by Gasteiger charge is -2.08. The summed E-state index contributed by atoms with van der Waals surface area (Å²) in [4.78, 5) is 21.7. The molecule has 7 nitrogen and oxygen atoms in total. The van der Waals surface area contributed by atoms with Gasteiger partial charge in [0.25, 0.3) is 0 Å². The maximum atomic E-state index is 11.5. The summed E-state index contributed by atoms with van der Waals surface area (Å²) < 4.78 is 0. The average Bonchev–Trinajstić information content (AvgIpc) is 2.48. The number of carbonyl (C=O) groups excluding carboxylic acids is 1. The third kappa shape index (κ3) is 9.42. The Balaban J connectivity index is 1.93. The molecule has 0 saturated carbocycles. The van der Waals surface area contributed by atoms with Gasteiger partial charge < -0.3 is 26.4 Å². The van der Waals surface area contributed by atoms with Crippen molar-refractivity contribution >= 4 is 12.0 Å². The second-order valence-corrected chi connectivity index (χ2v) is 4.42. The number of carbonyl (C=O) groups is 2. The van der Waals surface area contributed by atoms with Crippen LogP contribution in [0.4, 0.5) is 4.79 Å². The molecule has 21 heavy (non-hydrogen) atoms. The molecule has 1 aromatic carbocycles. The van der Waals surface area contributed by atoms with Gasteiger partial charge in [-0.25, -0.2) is 4.79 Å². The fourth-order valence-electron chi connectivity index (χ4n) is 1.60. The quantitative estimate of drug-likeness (QED) is 0.383. The lowest BCUT2D eigenvalue weighted by atomic mass is 10.2. The number of carboxylic acid groups (broad SMARTS) is 1. The first-order chi connectivity index (χ1) is 10.2. The standard InChI is InChI=1S/C14H22N4O3/c19-13(20)11-16-7-6-15-8-9-17-14(21)18-10-12-4-2-1-3-5-12/h1-5,15-16H,6-11H2,(H,19,20)(H2,17,18,21). The van der Waals surface area contributed by atoms with Gasteiger partial charge >= 0.3 is 12.0 Å². The zero-order valence-corrected chi connectivity index (χ0v) is 11.9. The molecule has 0 atom stereocenters. The first-order valence-electron chi connectivity index (χ1n) is 6.87. The van der Waals surface area contributed by atoms with Crippen molar-refractivity contribution in [2.45, 2.75) is 6.54 Å². The Morgan fingerprint density at radius 2 is 1.57 bits per heavy atom. The van der Waals surface area contributed by atoms with Crippen molar-refractivity contribution in [3.05, 3.63) is 35.9 Å². The summed E-state index contributed by atoms with van der Waals surface area (Å²) in [6.45, 7) is 2.83. The number of hydrogen-bond donors (Lipinski definition) is 5. The van der Waals surface area contributed by atoms with E-state index in [0.29, 0.717) is 32.7 Å². The van der Waals surface area contributed by atoms with Gasteiger partial charge in [-0.3, -0.25) is 4.79 Å². The summed E-state index contributed by atoms with van der Waals surface area (Å²) in [5, 5.41) is 19.8. The highest BCUT2D eigenvalue weighted by Crippen LogP contribution is 1.96. The van der Waals surface area contributed by atoms with Gasteiger partial charge in [0.05, 0.1) is 6.54 Å². The Bertz CT molecular complexity index is 425. The first kappa shape index (κ1) is 16.9. The fourth-order valence-corrected chi connectivity index (χ4v) is 1.60. The summed E-state index contributed by atoms with van der Waals surface area (Å²) in [6.07, 6.45) is 0. The maximum absolute atomic E-state index is 11.5. The van der Waals surface area contributed by atoms with Crippen LogP contribution in [-0.4, -0.2) is 49.8 Å². The molecule has 0 unspecified atom stereocenters. The molecule has 0 aromatic heterocycles. The summed E-state index contributed by atoms with van der Waals surface area (Å²) in [7, 11) is 0. The minimum absolute atomic E-state index is 0.0399. The van der Waals surface area contributed by atoms with Gasteiger partial charge in [0.2, 0.25) is 0 Å². The van der Waals surface area contributed by atoms with Crippen LogP contribution in [0.5, 0.6) is 0 Å². The molecule has 116 valence electrons. The van der Waals surface area contributed by atoms with Gasteiger partial charge in [-0.15, -0.1) is 0 Å². The van der Waals surface area contributed by atoms with Crippen molar-refractivity contribution in [1.29, 1.82) is 0 Å². The average molecular weight is 294 g/mol. The zero-order chi connectivity index (χ0) is 15.3. The number of aliphatic carboxylic acids is 1. The lowest BCUT2D eigenvalue weighted by molar-refractivity contribution is -0.135. The van der Waals surface area contributed by atoms with Crippen LogP contribution in [0.2, 0.25) is 0 Å². The lowest BCUT2D eigenvalue weighted by Crippen LogP contribution is -2.40. The molecule has 0 aliphatic carbocycles. The second kappa shape index (κ2) is 10.6. The number of rotatable bonds is 10. The summed E-state index contributed by atoms with van der Waals surface area (Å²) in [5.41, 5.74) is 1.05. The van der Waals surface area contributed by atoms with Crippen LogP contribution in [-0.2, 0) is 11.3 Å². The Kier molecular flexibility index (Phi) is 8.58. The van der Waals surface area contributed by atoms with Crippen LogP contribution in [0.3, 0.4) is 0 Å². The van der Waals surface area contributed by atoms with E-state index in [1.165, 1.54) is 0 Å². The van der Waals surface area contributed by atoms with E-state index in [2.05, 4.69) is 21.3 Å². The molecular formula is C14H22N4O3.